The molecule has 0 aliphatic heterocycles. The minimum Gasteiger partial charge on any atom is -0.216 e. The number of rotatable bonds is 0. The average Bonchev–Trinajstić information content (AvgIpc) is 1.90. The molecular weight excluding hydrogens is 115 g/mol. The van der Waals surface area contributed by atoms with E-state index in [-0.39, 0.29) is 0 Å². The lowest BCUT2D eigenvalue weighted by Gasteiger charge is -2.18. The number of hydrogen-bond donors (Lipinski definition) is 0. The number of hydrogen-bond acceptors (Lipinski definition) is 0. The maximum Gasteiger partial charge on any atom is 0.0858 e. The standard InChI is InChI=1S/C8H13F/c1-7-2-4-8(6-9)5-3-7/h6-7H,2-5H2,1H3. The molecule has 1 aliphatic rings. The molecule has 0 aromatic carbocycles. The van der Waals surface area contributed by atoms with Gasteiger partial charge in [-0.3, -0.25) is 0 Å². The highest BCUT2D eigenvalue weighted by Gasteiger charge is 2.11. The van der Waals surface area contributed by atoms with Crippen molar-refractivity contribution in [1.29, 1.82) is 0 Å². The second-order valence-corrected chi connectivity index (χ2v) is 2.95. The molecule has 1 fully saturated rings. The summed E-state index contributed by atoms with van der Waals surface area (Å²) in [6, 6.07) is 0. The van der Waals surface area contributed by atoms with Crippen molar-refractivity contribution in [2.45, 2.75) is 32.6 Å². The average molecular weight is 128 g/mol. The molecule has 0 aromatic rings. The molecular formula is C8H13F. The molecule has 52 valence electrons. The minimum atomic E-state index is 0.784. The molecule has 1 aliphatic carbocycles. The fourth-order valence-corrected chi connectivity index (χ4v) is 1.24. The van der Waals surface area contributed by atoms with Crippen LogP contribution in [-0.4, -0.2) is 0 Å². The van der Waals surface area contributed by atoms with E-state index in [2.05, 4.69) is 6.92 Å². The van der Waals surface area contributed by atoms with E-state index in [1.54, 1.807) is 0 Å². The van der Waals surface area contributed by atoms with Crippen LogP contribution in [0, 0.1) is 5.92 Å². The number of allylic oxidation sites excluding steroid dienone is 1. The molecule has 0 aromatic heterocycles. The Bertz CT molecular complexity index is 106. The largest absolute Gasteiger partial charge is 0.216 e. The SMILES string of the molecule is CC1CCC(=CF)CC1. The van der Waals surface area contributed by atoms with Crippen LogP contribution < -0.4 is 0 Å². The summed E-state index contributed by atoms with van der Waals surface area (Å²) < 4.78 is 11.8. The fraction of sp³-hybridized carbons (Fsp3) is 0.750. The van der Waals surface area contributed by atoms with Gasteiger partial charge in [-0.1, -0.05) is 6.92 Å². The molecule has 0 bridgehead atoms. The Kier molecular flexibility index (Phi) is 2.26. The predicted octanol–water partition coefficient (Wildman–Crippen LogP) is 3.05. The highest BCUT2D eigenvalue weighted by molar-refractivity contribution is 5.00. The van der Waals surface area contributed by atoms with Crippen molar-refractivity contribution < 1.29 is 4.39 Å². The van der Waals surface area contributed by atoms with Gasteiger partial charge in [-0.25, -0.2) is 4.39 Å². The third-order valence-electron chi connectivity index (χ3n) is 2.07. The van der Waals surface area contributed by atoms with Crippen molar-refractivity contribution in [3.05, 3.63) is 11.9 Å². The van der Waals surface area contributed by atoms with E-state index in [4.69, 9.17) is 0 Å². The van der Waals surface area contributed by atoms with Crippen molar-refractivity contribution in [3.8, 4) is 0 Å². The van der Waals surface area contributed by atoms with Crippen LogP contribution >= 0.6 is 0 Å². The molecule has 0 N–H and O–H groups in total. The summed E-state index contributed by atoms with van der Waals surface area (Å²) in [7, 11) is 0. The summed E-state index contributed by atoms with van der Waals surface area (Å²) in [5, 5.41) is 0. The molecule has 0 atom stereocenters. The van der Waals surface area contributed by atoms with Crippen LogP contribution in [0.3, 0.4) is 0 Å². The zero-order valence-electron chi connectivity index (χ0n) is 5.86. The zero-order valence-corrected chi connectivity index (χ0v) is 5.86. The minimum absolute atomic E-state index is 0.784. The van der Waals surface area contributed by atoms with E-state index in [9.17, 15) is 4.39 Å². The van der Waals surface area contributed by atoms with Crippen LogP contribution in [0.5, 0.6) is 0 Å². The molecule has 9 heavy (non-hydrogen) atoms. The van der Waals surface area contributed by atoms with Gasteiger partial charge in [-0.15, -0.1) is 0 Å². The molecule has 0 nitrogen and oxygen atoms in total. The molecule has 0 unspecified atom stereocenters. The second-order valence-electron chi connectivity index (χ2n) is 2.95. The van der Waals surface area contributed by atoms with Gasteiger partial charge in [-0.2, -0.15) is 0 Å². The Labute approximate surface area is 55.8 Å². The van der Waals surface area contributed by atoms with Crippen LogP contribution in [0.2, 0.25) is 0 Å². The van der Waals surface area contributed by atoms with E-state index in [0.717, 1.165) is 30.7 Å². The third-order valence-corrected chi connectivity index (χ3v) is 2.07. The molecule has 0 spiro atoms. The lowest BCUT2D eigenvalue weighted by atomic mass is 9.88. The van der Waals surface area contributed by atoms with Gasteiger partial charge >= 0.3 is 0 Å². The first kappa shape index (κ1) is 6.79. The molecule has 1 heteroatoms. The molecule has 0 saturated heterocycles. The Hall–Kier alpha value is -0.330. The molecule has 0 radical (unpaired) electrons. The first-order valence-electron chi connectivity index (χ1n) is 3.61. The van der Waals surface area contributed by atoms with Gasteiger partial charge in [0.05, 0.1) is 6.33 Å². The van der Waals surface area contributed by atoms with Gasteiger partial charge in [0.1, 0.15) is 0 Å². The summed E-state index contributed by atoms with van der Waals surface area (Å²) >= 11 is 0. The molecule has 0 amide bonds. The maximum atomic E-state index is 11.8. The van der Waals surface area contributed by atoms with Crippen molar-refractivity contribution in [2.24, 2.45) is 5.92 Å². The summed E-state index contributed by atoms with van der Waals surface area (Å²) in [5.41, 5.74) is 1.01. The van der Waals surface area contributed by atoms with Crippen molar-refractivity contribution >= 4 is 0 Å². The smallest absolute Gasteiger partial charge is 0.0858 e. The van der Waals surface area contributed by atoms with E-state index >= 15 is 0 Å². The van der Waals surface area contributed by atoms with Crippen molar-refractivity contribution in [1.82, 2.24) is 0 Å². The van der Waals surface area contributed by atoms with Crippen LogP contribution in [0.25, 0.3) is 0 Å². The molecule has 1 saturated carbocycles. The predicted molar refractivity (Wildman–Crippen MR) is 36.8 cm³/mol. The highest BCUT2D eigenvalue weighted by Crippen LogP contribution is 2.27. The van der Waals surface area contributed by atoms with Crippen LogP contribution in [-0.2, 0) is 0 Å². The Morgan fingerprint density at radius 2 is 2.00 bits per heavy atom. The lowest BCUT2D eigenvalue weighted by molar-refractivity contribution is 0.437. The van der Waals surface area contributed by atoms with E-state index < -0.39 is 0 Å². The Morgan fingerprint density at radius 3 is 2.44 bits per heavy atom. The summed E-state index contributed by atoms with van der Waals surface area (Å²) in [4.78, 5) is 0. The van der Waals surface area contributed by atoms with Crippen molar-refractivity contribution in [2.75, 3.05) is 0 Å². The van der Waals surface area contributed by atoms with Gasteiger partial charge in [0.25, 0.3) is 0 Å². The van der Waals surface area contributed by atoms with E-state index in [0.29, 0.717) is 0 Å². The Morgan fingerprint density at radius 1 is 1.44 bits per heavy atom. The van der Waals surface area contributed by atoms with Gasteiger partial charge < -0.3 is 0 Å². The molecule has 1 rings (SSSR count). The van der Waals surface area contributed by atoms with Gasteiger partial charge in [0, 0.05) is 0 Å². The summed E-state index contributed by atoms with van der Waals surface area (Å²) in [6.07, 6.45) is 5.10. The summed E-state index contributed by atoms with van der Waals surface area (Å²) in [5.74, 6) is 0.814. The first-order valence-corrected chi connectivity index (χ1v) is 3.61. The Balaban J connectivity index is 2.35. The normalized spacial score (nSPS) is 28.2. The topological polar surface area (TPSA) is 0 Å². The van der Waals surface area contributed by atoms with Crippen molar-refractivity contribution in [3.63, 3.8) is 0 Å². The monoisotopic (exact) mass is 128 g/mol. The molecule has 0 heterocycles. The number of halogens is 1. The van der Waals surface area contributed by atoms with Crippen LogP contribution in [0.1, 0.15) is 32.6 Å². The van der Waals surface area contributed by atoms with E-state index in [1.807, 2.05) is 0 Å². The third kappa shape index (κ3) is 1.81. The lowest BCUT2D eigenvalue weighted by Crippen LogP contribution is -2.03. The summed E-state index contributed by atoms with van der Waals surface area (Å²) in [6.45, 7) is 2.23. The fourth-order valence-electron chi connectivity index (χ4n) is 1.24. The van der Waals surface area contributed by atoms with Crippen LogP contribution in [0.15, 0.2) is 11.9 Å². The first-order chi connectivity index (χ1) is 4.33. The van der Waals surface area contributed by atoms with Gasteiger partial charge in [0.15, 0.2) is 0 Å². The van der Waals surface area contributed by atoms with Gasteiger partial charge in [0.2, 0.25) is 0 Å². The quantitative estimate of drug-likeness (QED) is 0.470. The highest BCUT2D eigenvalue weighted by atomic mass is 19.1. The zero-order chi connectivity index (χ0) is 6.69. The second kappa shape index (κ2) is 3.00. The van der Waals surface area contributed by atoms with Crippen LogP contribution in [0.4, 0.5) is 4.39 Å². The van der Waals surface area contributed by atoms with E-state index in [1.165, 1.54) is 12.8 Å². The maximum absolute atomic E-state index is 11.8. The van der Waals surface area contributed by atoms with Gasteiger partial charge in [-0.05, 0) is 37.2 Å².